The molecule has 6 nitrogen and oxygen atoms in total. The third-order valence-electron chi connectivity index (χ3n) is 4.10. The third kappa shape index (κ3) is 2.14. The topological polar surface area (TPSA) is 64.7 Å². The van der Waals surface area contributed by atoms with Gasteiger partial charge >= 0.3 is 0 Å². The van der Waals surface area contributed by atoms with Crippen molar-refractivity contribution in [3.63, 3.8) is 0 Å². The van der Waals surface area contributed by atoms with Crippen LogP contribution in [0.3, 0.4) is 0 Å². The molecule has 0 aliphatic carbocycles. The molecule has 112 valence electrons. The average Bonchev–Trinajstić information content (AvgIpc) is 2.93. The second kappa shape index (κ2) is 4.44. The number of nitrogens with zero attached hydrogens (tertiary/aromatic N) is 4. The lowest BCUT2D eigenvalue weighted by Gasteiger charge is -2.27. The summed E-state index contributed by atoms with van der Waals surface area (Å²) >= 11 is 0. The number of amides is 1. The van der Waals surface area contributed by atoms with Gasteiger partial charge in [-0.2, -0.15) is 10.2 Å². The Hall–Kier alpha value is -2.11. The molecule has 1 amide bonds. The summed E-state index contributed by atoms with van der Waals surface area (Å²) in [6, 6.07) is 0. The Morgan fingerprint density at radius 2 is 1.90 bits per heavy atom. The molecular formula is C15H21N5O. The molecule has 3 heterocycles. The molecule has 2 aromatic rings. The van der Waals surface area contributed by atoms with Gasteiger partial charge in [0.05, 0.1) is 17.9 Å². The van der Waals surface area contributed by atoms with Crippen molar-refractivity contribution in [2.75, 3.05) is 5.32 Å². The molecule has 0 spiro atoms. The number of carbonyl (C=O) groups excluding carboxylic acids is 1. The van der Waals surface area contributed by atoms with Crippen molar-refractivity contribution in [1.82, 2.24) is 19.6 Å². The van der Waals surface area contributed by atoms with Gasteiger partial charge in [0, 0.05) is 36.2 Å². The largest absolute Gasteiger partial charge is 0.311 e. The lowest BCUT2D eigenvalue weighted by Crippen LogP contribution is -2.30. The van der Waals surface area contributed by atoms with Crippen molar-refractivity contribution in [3.05, 3.63) is 29.2 Å². The number of aromatic nitrogens is 4. The van der Waals surface area contributed by atoms with E-state index in [2.05, 4.69) is 36.3 Å². The monoisotopic (exact) mass is 287 g/mol. The van der Waals surface area contributed by atoms with Gasteiger partial charge in [0.2, 0.25) is 5.91 Å². The van der Waals surface area contributed by atoms with Crippen molar-refractivity contribution in [2.24, 2.45) is 7.05 Å². The quantitative estimate of drug-likeness (QED) is 0.874. The fourth-order valence-corrected chi connectivity index (χ4v) is 2.86. The third-order valence-corrected chi connectivity index (χ3v) is 4.10. The van der Waals surface area contributed by atoms with E-state index >= 15 is 0 Å². The van der Waals surface area contributed by atoms with E-state index in [4.69, 9.17) is 0 Å². The lowest BCUT2D eigenvalue weighted by atomic mass is 9.87. The maximum Gasteiger partial charge on any atom is 0.226 e. The minimum absolute atomic E-state index is 0.0264. The van der Waals surface area contributed by atoms with Gasteiger partial charge in [0.25, 0.3) is 0 Å². The van der Waals surface area contributed by atoms with Crippen molar-refractivity contribution in [3.8, 4) is 0 Å². The maximum atomic E-state index is 12.1. The Balaban J connectivity index is 2.13. The normalized spacial score (nSPS) is 18.5. The zero-order valence-electron chi connectivity index (χ0n) is 13.1. The van der Waals surface area contributed by atoms with Gasteiger partial charge in [-0.25, -0.2) is 4.68 Å². The zero-order chi connectivity index (χ0) is 15.4. The summed E-state index contributed by atoms with van der Waals surface area (Å²) in [6.07, 6.45) is 4.17. The first-order valence-corrected chi connectivity index (χ1v) is 7.16. The molecule has 21 heavy (non-hydrogen) atoms. The van der Waals surface area contributed by atoms with E-state index in [1.165, 1.54) is 0 Å². The van der Waals surface area contributed by atoms with Gasteiger partial charge in [-0.15, -0.1) is 0 Å². The van der Waals surface area contributed by atoms with Crippen LogP contribution in [0.25, 0.3) is 0 Å². The van der Waals surface area contributed by atoms with Gasteiger partial charge in [-0.3, -0.25) is 9.48 Å². The van der Waals surface area contributed by atoms with Crippen LogP contribution >= 0.6 is 0 Å². The van der Waals surface area contributed by atoms with Crippen molar-refractivity contribution in [1.29, 1.82) is 0 Å². The second-order valence-corrected chi connectivity index (χ2v) is 6.64. The molecule has 1 aliphatic heterocycles. The number of carbonyl (C=O) groups is 1. The predicted octanol–water partition coefficient (Wildman–Crippen LogP) is 2.15. The lowest BCUT2D eigenvalue weighted by molar-refractivity contribution is -0.116. The van der Waals surface area contributed by atoms with Crippen LogP contribution in [-0.2, 0) is 17.4 Å². The van der Waals surface area contributed by atoms with E-state index in [0.717, 1.165) is 22.6 Å². The molecule has 3 rings (SSSR count). The summed E-state index contributed by atoms with van der Waals surface area (Å²) in [6.45, 7) is 8.25. The predicted molar refractivity (Wildman–Crippen MR) is 80.3 cm³/mol. The Bertz CT molecular complexity index is 704. The summed E-state index contributed by atoms with van der Waals surface area (Å²) in [7, 11) is 1.92. The summed E-state index contributed by atoms with van der Waals surface area (Å²) in [4.78, 5) is 12.1. The first-order valence-electron chi connectivity index (χ1n) is 7.16. The second-order valence-electron chi connectivity index (χ2n) is 6.64. The highest BCUT2D eigenvalue weighted by Gasteiger charge is 2.33. The van der Waals surface area contributed by atoms with Crippen molar-refractivity contribution < 1.29 is 4.79 Å². The molecule has 0 fully saturated rings. The van der Waals surface area contributed by atoms with E-state index in [1.807, 2.05) is 35.7 Å². The number of anilines is 1. The Kier molecular flexibility index (Phi) is 2.93. The van der Waals surface area contributed by atoms with Gasteiger partial charge in [-0.05, 0) is 27.7 Å². The van der Waals surface area contributed by atoms with Gasteiger partial charge in [-0.1, -0.05) is 0 Å². The highest BCUT2D eigenvalue weighted by atomic mass is 16.1. The minimum Gasteiger partial charge on any atom is -0.311 e. The molecule has 1 aliphatic rings. The standard InChI is InChI=1S/C15H21N5O/c1-9-11(7-16-19(9)5)10-6-13(21)18-14-12(10)8-17-20(14)15(2,3)4/h7-8,10H,6H2,1-5H3,(H,18,21). The maximum absolute atomic E-state index is 12.1. The summed E-state index contributed by atoms with van der Waals surface area (Å²) in [5, 5.41) is 11.8. The fraction of sp³-hybridized carbons (Fsp3) is 0.533. The SMILES string of the molecule is Cc1c(C2CC(=O)Nc3c2cnn3C(C)(C)C)cnn1C. The Morgan fingerprint density at radius 1 is 1.24 bits per heavy atom. The molecule has 0 saturated heterocycles. The number of hydrogen-bond donors (Lipinski definition) is 1. The van der Waals surface area contributed by atoms with Crippen LogP contribution in [0.2, 0.25) is 0 Å². The Labute approximate surface area is 124 Å². The molecule has 1 atom stereocenters. The molecule has 1 N–H and O–H groups in total. The van der Waals surface area contributed by atoms with Crippen LogP contribution in [0.15, 0.2) is 12.4 Å². The first kappa shape index (κ1) is 13.9. The van der Waals surface area contributed by atoms with E-state index in [1.54, 1.807) is 0 Å². The number of fused-ring (bicyclic) bond motifs is 1. The summed E-state index contributed by atoms with van der Waals surface area (Å²) in [5.41, 5.74) is 3.08. The van der Waals surface area contributed by atoms with Gasteiger partial charge < -0.3 is 5.32 Å². The summed E-state index contributed by atoms with van der Waals surface area (Å²) < 4.78 is 3.73. The molecule has 0 radical (unpaired) electrons. The van der Waals surface area contributed by atoms with Crippen LogP contribution in [0.4, 0.5) is 5.82 Å². The average molecular weight is 287 g/mol. The smallest absolute Gasteiger partial charge is 0.226 e. The molecule has 0 saturated carbocycles. The molecule has 2 aromatic heterocycles. The molecular weight excluding hydrogens is 266 g/mol. The van der Waals surface area contributed by atoms with Crippen LogP contribution in [0, 0.1) is 6.92 Å². The minimum atomic E-state index is -0.174. The van der Waals surface area contributed by atoms with E-state index in [-0.39, 0.29) is 17.4 Å². The van der Waals surface area contributed by atoms with Crippen molar-refractivity contribution in [2.45, 2.75) is 45.6 Å². The van der Waals surface area contributed by atoms with Crippen LogP contribution in [0.5, 0.6) is 0 Å². The molecule has 1 unspecified atom stereocenters. The van der Waals surface area contributed by atoms with Gasteiger partial charge in [0.15, 0.2) is 0 Å². The number of rotatable bonds is 1. The number of aryl methyl sites for hydroxylation is 1. The molecule has 6 heteroatoms. The molecule has 0 bridgehead atoms. The zero-order valence-corrected chi connectivity index (χ0v) is 13.1. The van der Waals surface area contributed by atoms with Crippen LogP contribution in [0.1, 0.15) is 49.9 Å². The molecule has 0 aromatic carbocycles. The highest BCUT2D eigenvalue weighted by molar-refractivity contribution is 5.94. The first-order chi connectivity index (χ1) is 9.79. The fourth-order valence-electron chi connectivity index (χ4n) is 2.86. The summed E-state index contributed by atoms with van der Waals surface area (Å²) in [5.74, 6) is 0.868. The van der Waals surface area contributed by atoms with Gasteiger partial charge in [0.1, 0.15) is 5.82 Å². The number of nitrogens with one attached hydrogen (secondary N) is 1. The van der Waals surface area contributed by atoms with Crippen molar-refractivity contribution >= 4 is 11.7 Å². The highest BCUT2D eigenvalue weighted by Crippen LogP contribution is 2.39. The number of hydrogen-bond acceptors (Lipinski definition) is 3. The Morgan fingerprint density at radius 3 is 2.48 bits per heavy atom. The van der Waals surface area contributed by atoms with Crippen LogP contribution < -0.4 is 5.32 Å². The van der Waals surface area contributed by atoms with Crippen LogP contribution in [-0.4, -0.2) is 25.5 Å². The van der Waals surface area contributed by atoms with E-state index in [0.29, 0.717) is 6.42 Å². The van der Waals surface area contributed by atoms with E-state index < -0.39 is 0 Å². The van der Waals surface area contributed by atoms with E-state index in [9.17, 15) is 4.79 Å².